The summed E-state index contributed by atoms with van der Waals surface area (Å²) < 4.78 is 0. The molecular weight excluding hydrogens is 328 g/mol. The average Bonchev–Trinajstić information content (AvgIpc) is 2.59. The maximum Gasteiger partial charge on any atom is 0.309 e. The molecule has 5 nitrogen and oxygen atoms in total. The topological polar surface area (TPSA) is 78.4 Å². The molecule has 0 heterocycles. The number of benzene rings is 2. The van der Waals surface area contributed by atoms with Crippen LogP contribution < -0.4 is 10.6 Å². The first-order chi connectivity index (χ1) is 11.4. The SMILES string of the molecule is C[C@@](O)(CNC(=O)C(=O)NCc1ccccc1Cl)c1ccccc1. The lowest BCUT2D eigenvalue weighted by Gasteiger charge is -2.24. The van der Waals surface area contributed by atoms with Crippen LogP contribution in [0.1, 0.15) is 18.1 Å². The number of carbonyl (C=O) groups is 2. The molecule has 0 aliphatic rings. The third kappa shape index (κ3) is 4.81. The fourth-order valence-electron chi connectivity index (χ4n) is 2.13. The molecule has 0 saturated carbocycles. The summed E-state index contributed by atoms with van der Waals surface area (Å²) >= 11 is 5.99. The van der Waals surface area contributed by atoms with Gasteiger partial charge in [-0.3, -0.25) is 9.59 Å². The summed E-state index contributed by atoms with van der Waals surface area (Å²) in [7, 11) is 0. The van der Waals surface area contributed by atoms with Crippen LogP contribution in [0.15, 0.2) is 54.6 Å². The second-order valence-corrected chi connectivity index (χ2v) is 6.00. The number of nitrogens with one attached hydrogen (secondary N) is 2. The van der Waals surface area contributed by atoms with Gasteiger partial charge in [-0.15, -0.1) is 0 Å². The quantitative estimate of drug-likeness (QED) is 0.724. The molecule has 2 aromatic rings. The van der Waals surface area contributed by atoms with Crippen LogP contribution >= 0.6 is 11.6 Å². The summed E-state index contributed by atoms with van der Waals surface area (Å²) in [5.41, 5.74) is 0.110. The zero-order valence-electron chi connectivity index (χ0n) is 13.3. The summed E-state index contributed by atoms with van der Waals surface area (Å²) in [6.45, 7) is 1.65. The zero-order valence-corrected chi connectivity index (χ0v) is 14.0. The van der Waals surface area contributed by atoms with E-state index in [4.69, 9.17) is 11.6 Å². The van der Waals surface area contributed by atoms with E-state index in [-0.39, 0.29) is 13.1 Å². The lowest BCUT2D eigenvalue weighted by Crippen LogP contribution is -2.45. The third-order valence-electron chi connectivity index (χ3n) is 3.59. The Balaban J connectivity index is 1.86. The van der Waals surface area contributed by atoms with Crippen molar-refractivity contribution in [2.24, 2.45) is 0 Å². The van der Waals surface area contributed by atoms with Crippen molar-refractivity contribution < 1.29 is 14.7 Å². The van der Waals surface area contributed by atoms with Crippen LogP contribution in [0.3, 0.4) is 0 Å². The Hall–Kier alpha value is -2.37. The first-order valence-electron chi connectivity index (χ1n) is 7.47. The minimum absolute atomic E-state index is 0.0740. The number of carbonyl (C=O) groups excluding carboxylic acids is 2. The Labute approximate surface area is 145 Å². The van der Waals surface area contributed by atoms with Gasteiger partial charge < -0.3 is 15.7 Å². The molecule has 0 fully saturated rings. The predicted octanol–water partition coefficient (Wildman–Crippen LogP) is 1.98. The summed E-state index contributed by atoms with van der Waals surface area (Å²) in [5, 5.41) is 15.9. The van der Waals surface area contributed by atoms with Gasteiger partial charge in [-0.2, -0.15) is 0 Å². The van der Waals surface area contributed by atoms with Crippen molar-refractivity contribution in [3.8, 4) is 0 Å². The van der Waals surface area contributed by atoms with Gasteiger partial charge in [-0.1, -0.05) is 60.1 Å². The van der Waals surface area contributed by atoms with Crippen LogP contribution in [0, 0.1) is 0 Å². The number of amides is 2. The standard InChI is InChI=1S/C18H19ClN2O3/c1-18(24,14-8-3-2-4-9-14)12-21-17(23)16(22)20-11-13-7-5-6-10-15(13)19/h2-10,24H,11-12H2,1H3,(H,20,22)(H,21,23)/t18-/m1/s1. The second-order valence-electron chi connectivity index (χ2n) is 5.60. The smallest absolute Gasteiger partial charge is 0.309 e. The van der Waals surface area contributed by atoms with Crippen molar-refractivity contribution in [2.75, 3.05) is 6.54 Å². The van der Waals surface area contributed by atoms with Gasteiger partial charge in [0.25, 0.3) is 0 Å². The van der Waals surface area contributed by atoms with Gasteiger partial charge in [0.2, 0.25) is 0 Å². The lowest BCUT2D eigenvalue weighted by molar-refractivity contribution is -0.139. The van der Waals surface area contributed by atoms with Crippen LogP contribution in [0.2, 0.25) is 5.02 Å². The highest BCUT2D eigenvalue weighted by Gasteiger charge is 2.25. The molecule has 0 aliphatic carbocycles. The molecule has 0 saturated heterocycles. The van der Waals surface area contributed by atoms with Gasteiger partial charge in [0.05, 0.1) is 6.54 Å². The van der Waals surface area contributed by atoms with Gasteiger partial charge >= 0.3 is 11.8 Å². The minimum Gasteiger partial charge on any atom is -0.384 e. The van der Waals surface area contributed by atoms with Gasteiger partial charge in [0, 0.05) is 11.6 Å². The zero-order chi connectivity index (χ0) is 17.6. The van der Waals surface area contributed by atoms with Crippen molar-refractivity contribution in [2.45, 2.75) is 19.1 Å². The van der Waals surface area contributed by atoms with E-state index < -0.39 is 17.4 Å². The summed E-state index contributed by atoms with van der Waals surface area (Å²) in [6, 6.07) is 16.0. The molecule has 0 unspecified atom stereocenters. The first-order valence-corrected chi connectivity index (χ1v) is 7.85. The number of halogens is 1. The van der Waals surface area contributed by atoms with Crippen molar-refractivity contribution in [1.29, 1.82) is 0 Å². The van der Waals surface area contributed by atoms with Crippen LogP contribution in [-0.4, -0.2) is 23.5 Å². The van der Waals surface area contributed by atoms with Crippen LogP contribution in [0.4, 0.5) is 0 Å². The van der Waals surface area contributed by atoms with E-state index >= 15 is 0 Å². The lowest BCUT2D eigenvalue weighted by atomic mass is 9.96. The van der Waals surface area contributed by atoms with E-state index in [0.29, 0.717) is 10.6 Å². The molecule has 0 radical (unpaired) electrons. The molecular formula is C18H19ClN2O3. The van der Waals surface area contributed by atoms with Gasteiger partial charge in [-0.05, 0) is 24.1 Å². The van der Waals surface area contributed by atoms with Crippen molar-refractivity contribution in [3.05, 3.63) is 70.7 Å². The van der Waals surface area contributed by atoms with Crippen LogP contribution in [0.25, 0.3) is 0 Å². The monoisotopic (exact) mass is 346 g/mol. The highest BCUT2D eigenvalue weighted by atomic mass is 35.5. The van der Waals surface area contributed by atoms with Crippen LogP contribution in [-0.2, 0) is 21.7 Å². The fraction of sp³-hybridized carbons (Fsp3) is 0.222. The Bertz CT molecular complexity index is 717. The molecule has 2 rings (SSSR count). The summed E-state index contributed by atoms with van der Waals surface area (Å²) in [4.78, 5) is 23.7. The molecule has 6 heteroatoms. The highest BCUT2D eigenvalue weighted by molar-refractivity contribution is 6.35. The van der Waals surface area contributed by atoms with E-state index in [9.17, 15) is 14.7 Å². The maximum absolute atomic E-state index is 11.9. The Morgan fingerprint density at radius 1 is 1.00 bits per heavy atom. The predicted molar refractivity (Wildman–Crippen MR) is 92.3 cm³/mol. The van der Waals surface area contributed by atoms with Gasteiger partial charge in [0.1, 0.15) is 5.60 Å². The number of hydrogen-bond donors (Lipinski definition) is 3. The molecule has 2 aromatic carbocycles. The van der Waals surface area contributed by atoms with Crippen molar-refractivity contribution >= 4 is 23.4 Å². The van der Waals surface area contributed by atoms with E-state index in [1.165, 1.54) is 0 Å². The molecule has 126 valence electrons. The number of aliphatic hydroxyl groups is 1. The molecule has 1 atom stereocenters. The molecule has 3 N–H and O–H groups in total. The van der Waals surface area contributed by atoms with Crippen molar-refractivity contribution in [1.82, 2.24) is 10.6 Å². The summed E-state index contributed by atoms with van der Waals surface area (Å²) in [6.07, 6.45) is 0. The van der Waals surface area contributed by atoms with E-state index in [1.807, 2.05) is 6.07 Å². The maximum atomic E-state index is 11.9. The molecule has 0 aliphatic heterocycles. The second kappa shape index (κ2) is 7.95. The Kier molecular flexibility index (Phi) is 5.95. The summed E-state index contributed by atoms with van der Waals surface area (Å²) in [5.74, 6) is -1.59. The van der Waals surface area contributed by atoms with E-state index in [2.05, 4.69) is 10.6 Å². The van der Waals surface area contributed by atoms with Crippen LogP contribution in [0.5, 0.6) is 0 Å². The molecule has 0 aromatic heterocycles. The minimum atomic E-state index is -1.26. The molecule has 2 amide bonds. The number of rotatable bonds is 5. The van der Waals surface area contributed by atoms with E-state index in [1.54, 1.807) is 55.5 Å². The van der Waals surface area contributed by atoms with Crippen molar-refractivity contribution in [3.63, 3.8) is 0 Å². The molecule has 0 spiro atoms. The Morgan fingerprint density at radius 3 is 2.25 bits per heavy atom. The Morgan fingerprint density at radius 2 is 1.58 bits per heavy atom. The highest BCUT2D eigenvalue weighted by Crippen LogP contribution is 2.18. The normalized spacial score (nSPS) is 13.0. The molecule has 24 heavy (non-hydrogen) atoms. The molecule has 0 bridgehead atoms. The number of hydrogen-bond acceptors (Lipinski definition) is 3. The largest absolute Gasteiger partial charge is 0.384 e. The van der Waals surface area contributed by atoms with Gasteiger partial charge in [-0.25, -0.2) is 0 Å². The third-order valence-corrected chi connectivity index (χ3v) is 3.96. The van der Waals surface area contributed by atoms with E-state index in [0.717, 1.165) is 5.56 Å². The first kappa shape index (κ1) is 18.0. The fourth-order valence-corrected chi connectivity index (χ4v) is 2.33. The average molecular weight is 347 g/mol. The van der Waals surface area contributed by atoms with Gasteiger partial charge in [0.15, 0.2) is 0 Å².